The highest BCUT2D eigenvalue weighted by Gasteiger charge is 2.14. The Morgan fingerprint density at radius 2 is 2.21 bits per heavy atom. The molecule has 0 aliphatic carbocycles. The number of ether oxygens (including phenoxy) is 1. The van der Waals surface area contributed by atoms with E-state index < -0.39 is 0 Å². The number of nitrogens with one attached hydrogen (secondary N) is 1. The number of nitrogens with zero attached hydrogens (tertiary/aromatic N) is 2. The molecule has 0 bridgehead atoms. The molecule has 1 aromatic carbocycles. The molecule has 0 saturated carbocycles. The summed E-state index contributed by atoms with van der Waals surface area (Å²) in [7, 11) is 3.60. The van der Waals surface area contributed by atoms with Crippen molar-refractivity contribution in [2.24, 2.45) is 0 Å². The van der Waals surface area contributed by atoms with Crippen molar-refractivity contribution >= 4 is 15.9 Å². The summed E-state index contributed by atoms with van der Waals surface area (Å²) < 4.78 is 6.33. The summed E-state index contributed by atoms with van der Waals surface area (Å²) in [5.41, 5.74) is 2.10. The van der Waals surface area contributed by atoms with Crippen LogP contribution in [0.1, 0.15) is 17.3 Å². The van der Waals surface area contributed by atoms with Crippen molar-refractivity contribution < 1.29 is 4.74 Å². The summed E-state index contributed by atoms with van der Waals surface area (Å²) in [5, 5.41) is 3.27. The maximum absolute atomic E-state index is 5.26. The van der Waals surface area contributed by atoms with Gasteiger partial charge in [0.15, 0.2) is 0 Å². The zero-order valence-electron chi connectivity index (χ0n) is 10.9. The minimum atomic E-state index is 0.122. The van der Waals surface area contributed by atoms with E-state index in [-0.39, 0.29) is 6.04 Å². The van der Waals surface area contributed by atoms with Crippen molar-refractivity contribution in [2.45, 2.75) is 12.5 Å². The number of hydrogen-bond donors (Lipinski definition) is 1. The van der Waals surface area contributed by atoms with Crippen LogP contribution in [0.25, 0.3) is 0 Å². The van der Waals surface area contributed by atoms with Gasteiger partial charge in [-0.25, -0.2) is 0 Å². The smallest absolute Gasteiger partial charge is 0.119 e. The van der Waals surface area contributed by atoms with Gasteiger partial charge < -0.3 is 10.1 Å². The van der Waals surface area contributed by atoms with Gasteiger partial charge in [-0.1, -0.05) is 15.9 Å². The molecule has 2 rings (SSSR count). The molecule has 100 valence electrons. The molecule has 1 atom stereocenters. The minimum absolute atomic E-state index is 0.122. The van der Waals surface area contributed by atoms with Crippen LogP contribution in [0.3, 0.4) is 0 Å². The molecule has 0 saturated heterocycles. The van der Waals surface area contributed by atoms with E-state index in [0.717, 1.165) is 22.3 Å². The largest absolute Gasteiger partial charge is 0.497 e. The zero-order valence-corrected chi connectivity index (χ0v) is 12.5. The van der Waals surface area contributed by atoms with Crippen LogP contribution in [0.5, 0.6) is 5.75 Å². The Labute approximate surface area is 121 Å². The van der Waals surface area contributed by atoms with Crippen molar-refractivity contribution in [1.82, 2.24) is 15.3 Å². The fourth-order valence-electron chi connectivity index (χ4n) is 1.90. The fraction of sp³-hybridized carbons (Fsp3) is 0.286. The van der Waals surface area contributed by atoms with Crippen molar-refractivity contribution in [3.63, 3.8) is 0 Å². The molecule has 5 heteroatoms. The van der Waals surface area contributed by atoms with E-state index in [1.807, 2.05) is 25.2 Å². The van der Waals surface area contributed by atoms with E-state index in [0.29, 0.717) is 0 Å². The van der Waals surface area contributed by atoms with Crippen LogP contribution in [-0.4, -0.2) is 24.1 Å². The van der Waals surface area contributed by atoms with Crippen LogP contribution in [0.15, 0.2) is 41.3 Å². The predicted octanol–water partition coefficient (Wildman–Crippen LogP) is 2.75. The van der Waals surface area contributed by atoms with Crippen LogP contribution in [0, 0.1) is 0 Å². The first-order valence-corrected chi connectivity index (χ1v) is 6.79. The zero-order chi connectivity index (χ0) is 13.7. The van der Waals surface area contributed by atoms with Gasteiger partial charge in [0.1, 0.15) is 5.75 Å². The molecular weight excluding hydrogens is 306 g/mol. The van der Waals surface area contributed by atoms with E-state index in [1.165, 1.54) is 5.56 Å². The number of rotatable bonds is 5. The second-order valence-electron chi connectivity index (χ2n) is 4.13. The second kappa shape index (κ2) is 6.63. The molecule has 0 spiro atoms. The van der Waals surface area contributed by atoms with E-state index in [4.69, 9.17) is 4.74 Å². The van der Waals surface area contributed by atoms with Gasteiger partial charge >= 0.3 is 0 Å². The molecule has 0 aliphatic heterocycles. The molecule has 0 radical (unpaired) electrons. The average Bonchev–Trinajstić information content (AvgIpc) is 2.47. The van der Waals surface area contributed by atoms with E-state index in [1.54, 1.807) is 25.7 Å². The third-order valence-electron chi connectivity index (χ3n) is 2.97. The van der Waals surface area contributed by atoms with Crippen molar-refractivity contribution in [3.05, 3.63) is 52.5 Å². The second-order valence-corrected chi connectivity index (χ2v) is 4.99. The predicted molar refractivity (Wildman–Crippen MR) is 78.2 cm³/mol. The van der Waals surface area contributed by atoms with Crippen LogP contribution >= 0.6 is 15.9 Å². The average molecular weight is 322 g/mol. The third-order valence-corrected chi connectivity index (χ3v) is 3.74. The Morgan fingerprint density at radius 3 is 2.84 bits per heavy atom. The molecule has 0 aliphatic rings. The number of likely N-dealkylation sites (N-methyl/N-ethyl adjacent to an activating group) is 1. The lowest BCUT2D eigenvalue weighted by Gasteiger charge is -2.16. The number of halogens is 1. The molecule has 1 unspecified atom stereocenters. The lowest BCUT2D eigenvalue weighted by molar-refractivity contribution is 0.413. The van der Waals surface area contributed by atoms with Gasteiger partial charge in [0.25, 0.3) is 0 Å². The van der Waals surface area contributed by atoms with Crippen molar-refractivity contribution in [1.29, 1.82) is 0 Å². The normalized spacial score (nSPS) is 12.2. The van der Waals surface area contributed by atoms with E-state index >= 15 is 0 Å². The summed E-state index contributed by atoms with van der Waals surface area (Å²) >= 11 is 3.57. The number of benzene rings is 1. The van der Waals surface area contributed by atoms with Gasteiger partial charge in [0.2, 0.25) is 0 Å². The Balaban J connectivity index is 2.23. The van der Waals surface area contributed by atoms with Crippen molar-refractivity contribution in [2.75, 3.05) is 14.2 Å². The monoisotopic (exact) mass is 321 g/mol. The van der Waals surface area contributed by atoms with Gasteiger partial charge in [-0.15, -0.1) is 0 Å². The van der Waals surface area contributed by atoms with Crippen LogP contribution in [0.2, 0.25) is 0 Å². The fourth-order valence-corrected chi connectivity index (χ4v) is 2.31. The maximum Gasteiger partial charge on any atom is 0.119 e. The quantitative estimate of drug-likeness (QED) is 0.919. The van der Waals surface area contributed by atoms with Gasteiger partial charge in [0, 0.05) is 23.1 Å². The number of methoxy groups -OCH3 is 1. The number of aromatic nitrogens is 2. The van der Waals surface area contributed by atoms with Crippen molar-refractivity contribution in [3.8, 4) is 5.75 Å². The standard InChI is InChI=1S/C14H16BrN3O/c1-16-13(14-9-17-5-6-18-14)8-10-7-11(19-2)3-4-12(10)15/h3-7,9,13,16H,8H2,1-2H3. The summed E-state index contributed by atoms with van der Waals surface area (Å²) in [6.45, 7) is 0. The van der Waals surface area contributed by atoms with Crippen LogP contribution in [0.4, 0.5) is 0 Å². The molecule has 19 heavy (non-hydrogen) atoms. The van der Waals surface area contributed by atoms with Crippen LogP contribution in [-0.2, 0) is 6.42 Å². The Morgan fingerprint density at radius 1 is 1.37 bits per heavy atom. The highest BCUT2D eigenvalue weighted by atomic mass is 79.9. The van der Waals surface area contributed by atoms with Gasteiger partial charge in [0.05, 0.1) is 18.8 Å². The third kappa shape index (κ3) is 3.52. The van der Waals surface area contributed by atoms with E-state index in [9.17, 15) is 0 Å². The molecule has 0 fully saturated rings. The molecule has 0 amide bonds. The summed E-state index contributed by atoms with van der Waals surface area (Å²) in [6.07, 6.45) is 5.99. The summed E-state index contributed by atoms with van der Waals surface area (Å²) in [4.78, 5) is 8.46. The van der Waals surface area contributed by atoms with Gasteiger partial charge in [-0.2, -0.15) is 0 Å². The first-order valence-electron chi connectivity index (χ1n) is 6.00. The summed E-state index contributed by atoms with van der Waals surface area (Å²) in [6, 6.07) is 6.09. The Bertz CT molecular complexity index is 533. The molecular formula is C14H16BrN3O. The molecule has 4 nitrogen and oxygen atoms in total. The van der Waals surface area contributed by atoms with Gasteiger partial charge in [-0.3, -0.25) is 9.97 Å². The number of hydrogen-bond acceptors (Lipinski definition) is 4. The Kier molecular flexibility index (Phi) is 4.87. The molecule has 2 aromatic rings. The SMILES string of the molecule is CNC(Cc1cc(OC)ccc1Br)c1cnccn1. The first-order chi connectivity index (χ1) is 9.24. The first kappa shape index (κ1) is 14.0. The highest BCUT2D eigenvalue weighted by Crippen LogP contribution is 2.26. The topological polar surface area (TPSA) is 47.0 Å². The van der Waals surface area contributed by atoms with E-state index in [2.05, 4.69) is 31.2 Å². The Hall–Kier alpha value is -1.46. The molecule has 1 heterocycles. The summed E-state index contributed by atoms with van der Waals surface area (Å²) in [5.74, 6) is 0.854. The highest BCUT2D eigenvalue weighted by molar-refractivity contribution is 9.10. The molecule has 1 N–H and O–H groups in total. The lowest BCUT2D eigenvalue weighted by atomic mass is 10.0. The minimum Gasteiger partial charge on any atom is -0.497 e. The molecule has 1 aromatic heterocycles. The lowest BCUT2D eigenvalue weighted by Crippen LogP contribution is -2.20. The van der Waals surface area contributed by atoms with Gasteiger partial charge in [-0.05, 0) is 37.2 Å². The maximum atomic E-state index is 5.26. The van der Waals surface area contributed by atoms with Crippen LogP contribution < -0.4 is 10.1 Å².